The van der Waals surface area contributed by atoms with Crippen molar-refractivity contribution in [2.75, 3.05) is 20.8 Å². The van der Waals surface area contributed by atoms with Gasteiger partial charge in [0.25, 0.3) is 5.91 Å². The van der Waals surface area contributed by atoms with Crippen LogP contribution < -0.4 is 14.2 Å². The quantitative estimate of drug-likeness (QED) is 0.243. The predicted octanol–water partition coefficient (Wildman–Crippen LogP) is 5.08. The molecule has 1 atom stereocenters. The van der Waals surface area contributed by atoms with Crippen LogP contribution in [0.2, 0.25) is 0 Å². The molecule has 0 bridgehead atoms. The fraction of sp³-hybridized carbons (Fsp3) is 0.300. The van der Waals surface area contributed by atoms with Crippen LogP contribution in [0, 0.1) is 0 Å². The molecule has 0 aliphatic carbocycles. The van der Waals surface area contributed by atoms with Gasteiger partial charge in [0.1, 0.15) is 12.4 Å². The van der Waals surface area contributed by atoms with E-state index in [1.54, 1.807) is 42.2 Å². The van der Waals surface area contributed by atoms with E-state index in [1.165, 1.54) is 27.2 Å². The van der Waals surface area contributed by atoms with E-state index >= 15 is 0 Å². The Bertz CT molecular complexity index is 1270. The molecule has 0 fully saturated rings. The highest BCUT2D eigenvalue weighted by molar-refractivity contribution is 5.94. The van der Waals surface area contributed by atoms with E-state index in [9.17, 15) is 14.4 Å². The van der Waals surface area contributed by atoms with Crippen molar-refractivity contribution in [3.8, 4) is 17.2 Å². The largest absolute Gasteiger partial charge is 0.496 e. The van der Waals surface area contributed by atoms with Crippen LogP contribution in [0.5, 0.6) is 17.2 Å². The third-order valence-electron chi connectivity index (χ3n) is 6.02. The second kappa shape index (κ2) is 13.3. The molecule has 0 aromatic heterocycles. The minimum Gasteiger partial charge on any atom is -0.496 e. The summed E-state index contributed by atoms with van der Waals surface area (Å²) in [5.41, 5.74) is 2.50. The van der Waals surface area contributed by atoms with Gasteiger partial charge < -0.3 is 23.8 Å². The molecule has 38 heavy (non-hydrogen) atoms. The molecule has 0 aliphatic rings. The fourth-order valence-electron chi connectivity index (χ4n) is 3.84. The number of carbonyl (C=O) groups is 3. The lowest BCUT2D eigenvalue weighted by Gasteiger charge is -2.24. The molecule has 1 amide bonds. The summed E-state index contributed by atoms with van der Waals surface area (Å²) in [6, 6.07) is 19.4. The second-order valence-corrected chi connectivity index (χ2v) is 8.62. The summed E-state index contributed by atoms with van der Waals surface area (Å²) in [5.74, 6) is 0.288. The Morgan fingerprint density at radius 3 is 2.13 bits per heavy atom. The Morgan fingerprint density at radius 1 is 0.842 bits per heavy atom. The lowest BCUT2D eigenvalue weighted by Crippen LogP contribution is -2.39. The maximum Gasteiger partial charge on any atom is 0.339 e. The maximum atomic E-state index is 12.9. The van der Waals surface area contributed by atoms with E-state index < -0.39 is 12.1 Å². The molecule has 200 valence electrons. The molecule has 0 spiro atoms. The van der Waals surface area contributed by atoms with E-state index in [1.807, 2.05) is 37.3 Å². The highest BCUT2D eigenvalue weighted by Gasteiger charge is 2.24. The molecule has 0 aliphatic heterocycles. The number of hydrogen-bond acceptors (Lipinski definition) is 7. The predicted molar refractivity (Wildman–Crippen MR) is 143 cm³/mol. The standard InChI is InChI=1S/C30H33NO7/c1-6-31(18-22-10-8-7-9-11-22)29(33)21(3)38-30(34)24-14-15-26(28(17-24)36-5)37-19-25-13-12-23(20(2)32)16-27(25)35-4/h7-17,21H,6,18-19H2,1-5H3. The van der Waals surface area contributed by atoms with Gasteiger partial charge in [0, 0.05) is 24.2 Å². The van der Waals surface area contributed by atoms with E-state index in [0.717, 1.165) is 11.1 Å². The number of methoxy groups -OCH3 is 2. The molecule has 0 radical (unpaired) electrons. The first-order chi connectivity index (χ1) is 18.3. The number of rotatable bonds is 12. The van der Waals surface area contributed by atoms with Gasteiger partial charge in [-0.3, -0.25) is 9.59 Å². The third kappa shape index (κ3) is 7.12. The van der Waals surface area contributed by atoms with E-state index in [2.05, 4.69) is 0 Å². The molecule has 3 aromatic carbocycles. The van der Waals surface area contributed by atoms with Gasteiger partial charge in [-0.25, -0.2) is 4.79 Å². The fourth-order valence-corrected chi connectivity index (χ4v) is 3.84. The molecule has 0 saturated heterocycles. The Kier molecular flexibility index (Phi) is 9.87. The van der Waals surface area contributed by atoms with Crippen molar-refractivity contribution >= 4 is 17.7 Å². The van der Waals surface area contributed by atoms with Gasteiger partial charge in [-0.05, 0) is 50.6 Å². The molecule has 0 heterocycles. The molecule has 0 saturated carbocycles. The lowest BCUT2D eigenvalue weighted by atomic mass is 10.1. The number of esters is 1. The van der Waals surface area contributed by atoms with Crippen molar-refractivity contribution < 1.29 is 33.3 Å². The summed E-state index contributed by atoms with van der Waals surface area (Å²) in [5, 5.41) is 0. The number of ketones is 1. The zero-order valence-corrected chi connectivity index (χ0v) is 22.4. The lowest BCUT2D eigenvalue weighted by molar-refractivity contribution is -0.140. The van der Waals surface area contributed by atoms with Crippen molar-refractivity contribution in [1.29, 1.82) is 0 Å². The van der Waals surface area contributed by atoms with Gasteiger partial charge in [0.15, 0.2) is 23.4 Å². The molecular weight excluding hydrogens is 486 g/mol. The smallest absolute Gasteiger partial charge is 0.339 e. The van der Waals surface area contributed by atoms with Crippen LogP contribution in [0.3, 0.4) is 0 Å². The van der Waals surface area contributed by atoms with Crippen LogP contribution in [0.15, 0.2) is 66.7 Å². The van der Waals surface area contributed by atoms with E-state index in [-0.39, 0.29) is 23.9 Å². The minimum absolute atomic E-state index is 0.0606. The zero-order chi connectivity index (χ0) is 27.7. The summed E-state index contributed by atoms with van der Waals surface area (Å²) >= 11 is 0. The molecule has 1 unspecified atom stereocenters. The number of ether oxygens (including phenoxy) is 4. The number of Topliss-reactive ketones (excluding diaryl/α,β-unsaturated/α-hetero) is 1. The van der Waals surface area contributed by atoms with Gasteiger partial charge in [-0.15, -0.1) is 0 Å². The minimum atomic E-state index is -0.960. The van der Waals surface area contributed by atoms with Crippen molar-refractivity contribution in [2.45, 2.75) is 40.0 Å². The topological polar surface area (TPSA) is 91.4 Å². The molecule has 8 nitrogen and oxygen atoms in total. The highest BCUT2D eigenvalue weighted by Crippen LogP contribution is 2.31. The number of nitrogens with zero attached hydrogens (tertiary/aromatic N) is 1. The Hall–Kier alpha value is -4.33. The number of likely N-dealkylation sites (N-methyl/N-ethyl adjacent to an activating group) is 1. The molecular formula is C30H33NO7. The van der Waals surface area contributed by atoms with Gasteiger partial charge in [0.2, 0.25) is 0 Å². The molecule has 3 rings (SSSR count). The van der Waals surface area contributed by atoms with Gasteiger partial charge in [-0.1, -0.05) is 42.5 Å². The van der Waals surface area contributed by atoms with E-state index in [0.29, 0.717) is 35.9 Å². The summed E-state index contributed by atoms with van der Waals surface area (Å²) < 4.78 is 22.2. The second-order valence-electron chi connectivity index (χ2n) is 8.62. The van der Waals surface area contributed by atoms with Gasteiger partial charge in [-0.2, -0.15) is 0 Å². The molecule has 0 N–H and O–H groups in total. The first-order valence-corrected chi connectivity index (χ1v) is 12.3. The normalized spacial score (nSPS) is 11.3. The van der Waals surface area contributed by atoms with Crippen LogP contribution in [-0.4, -0.2) is 49.4 Å². The first kappa shape index (κ1) is 28.2. The number of amides is 1. The highest BCUT2D eigenvalue weighted by atomic mass is 16.5. The van der Waals surface area contributed by atoms with Crippen LogP contribution in [0.4, 0.5) is 0 Å². The number of benzene rings is 3. The van der Waals surface area contributed by atoms with Crippen molar-refractivity contribution in [3.63, 3.8) is 0 Å². The summed E-state index contributed by atoms with van der Waals surface area (Å²) in [6.45, 7) is 6.00. The van der Waals surface area contributed by atoms with Gasteiger partial charge >= 0.3 is 5.97 Å². The summed E-state index contributed by atoms with van der Waals surface area (Å²) in [6.07, 6.45) is -0.960. The van der Waals surface area contributed by atoms with Crippen LogP contribution >= 0.6 is 0 Å². The van der Waals surface area contributed by atoms with Crippen molar-refractivity contribution in [2.24, 2.45) is 0 Å². The Balaban J connectivity index is 1.66. The maximum absolute atomic E-state index is 12.9. The molecule has 8 heteroatoms. The number of carbonyl (C=O) groups excluding carboxylic acids is 3. The summed E-state index contributed by atoms with van der Waals surface area (Å²) in [7, 11) is 2.99. The van der Waals surface area contributed by atoms with Crippen molar-refractivity contribution in [3.05, 3.63) is 89.0 Å². The van der Waals surface area contributed by atoms with E-state index in [4.69, 9.17) is 18.9 Å². The molecule has 3 aromatic rings. The van der Waals surface area contributed by atoms with Crippen LogP contribution in [0.25, 0.3) is 0 Å². The number of hydrogen-bond donors (Lipinski definition) is 0. The average molecular weight is 520 g/mol. The Labute approximate surface area is 223 Å². The van der Waals surface area contributed by atoms with Crippen LogP contribution in [0.1, 0.15) is 52.6 Å². The SMILES string of the molecule is CCN(Cc1ccccc1)C(=O)C(C)OC(=O)c1ccc(OCc2ccc(C(C)=O)cc2OC)c(OC)c1. The van der Waals surface area contributed by atoms with Gasteiger partial charge in [0.05, 0.1) is 19.8 Å². The van der Waals surface area contributed by atoms with Crippen LogP contribution in [-0.2, 0) is 22.7 Å². The van der Waals surface area contributed by atoms with Crippen molar-refractivity contribution in [1.82, 2.24) is 4.90 Å². The average Bonchev–Trinajstić information content (AvgIpc) is 2.94. The first-order valence-electron chi connectivity index (χ1n) is 12.3. The summed E-state index contributed by atoms with van der Waals surface area (Å²) in [4.78, 5) is 39.0. The Morgan fingerprint density at radius 2 is 1.50 bits per heavy atom. The third-order valence-corrected chi connectivity index (χ3v) is 6.02. The zero-order valence-electron chi connectivity index (χ0n) is 22.4. The monoisotopic (exact) mass is 519 g/mol.